The Kier molecular flexibility index (Phi) is 5.52. The van der Waals surface area contributed by atoms with Crippen molar-refractivity contribution in [3.63, 3.8) is 0 Å². The topological polar surface area (TPSA) is 51.9 Å². The molecule has 0 saturated heterocycles. The average Bonchev–Trinajstić information content (AvgIpc) is 3.08. The van der Waals surface area contributed by atoms with Gasteiger partial charge in [-0.15, -0.1) is 0 Å². The van der Waals surface area contributed by atoms with Gasteiger partial charge >= 0.3 is 0 Å². The summed E-state index contributed by atoms with van der Waals surface area (Å²) < 4.78 is 17.3. The number of fused-ring (bicyclic) bond motifs is 1. The van der Waals surface area contributed by atoms with Crippen molar-refractivity contribution in [2.45, 2.75) is 13.5 Å². The van der Waals surface area contributed by atoms with Crippen LogP contribution in [0.25, 0.3) is 11.0 Å². The summed E-state index contributed by atoms with van der Waals surface area (Å²) in [5.41, 5.74) is 1.65. The van der Waals surface area contributed by atoms with Gasteiger partial charge in [-0.1, -0.05) is 22.0 Å². The summed E-state index contributed by atoms with van der Waals surface area (Å²) in [4.78, 5) is 14.6. The quantitative estimate of drug-likeness (QED) is 0.573. The first kappa shape index (κ1) is 18.3. The van der Waals surface area contributed by atoms with Crippen molar-refractivity contribution in [1.29, 1.82) is 0 Å². The minimum atomic E-state index is -0.144. The van der Waals surface area contributed by atoms with Gasteiger partial charge in [0.05, 0.1) is 14.2 Å². The predicted octanol–water partition coefficient (Wildman–Crippen LogP) is 4.87. The molecule has 0 atom stereocenters. The van der Waals surface area contributed by atoms with E-state index >= 15 is 0 Å². The monoisotopic (exact) mass is 417 g/mol. The van der Waals surface area contributed by atoms with Gasteiger partial charge < -0.3 is 18.8 Å². The molecule has 0 aliphatic rings. The molecule has 1 amide bonds. The second kappa shape index (κ2) is 7.83. The first-order valence-electron chi connectivity index (χ1n) is 8.25. The summed E-state index contributed by atoms with van der Waals surface area (Å²) in [6.07, 6.45) is 0. The van der Waals surface area contributed by atoms with Gasteiger partial charge in [0, 0.05) is 22.9 Å². The number of nitrogens with zero attached hydrogens (tertiary/aromatic N) is 1. The van der Waals surface area contributed by atoms with Gasteiger partial charge in [-0.3, -0.25) is 4.79 Å². The molecule has 1 heterocycles. The van der Waals surface area contributed by atoms with Crippen LogP contribution in [0.15, 0.2) is 51.4 Å². The Hall–Kier alpha value is -2.47. The van der Waals surface area contributed by atoms with Gasteiger partial charge in [-0.2, -0.15) is 0 Å². The van der Waals surface area contributed by atoms with Crippen molar-refractivity contribution in [3.05, 3.63) is 58.3 Å². The highest BCUT2D eigenvalue weighted by Crippen LogP contribution is 2.29. The summed E-state index contributed by atoms with van der Waals surface area (Å²) in [6.45, 7) is 2.96. The number of methoxy groups -OCH3 is 2. The van der Waals surface area contributed by atoms with Crippen LogP contribution in [0.4, 0.5) is 0 Å². The number of rotatable bonds is 6. The molecule has 0 unspecified atom stereocenters. The van der Waals surface area contributed by atoms with Crippen LogP contribution in [0.1, 0.15) is 23.0 Å². The standard InChI is InChI=1S/C20H20BrNO4/c1-4-22(12-13-5-7-17(24-2)18(9-13)25-3)20(23)19-11-14-10-15(21)6-8-16(14)26-19/h5-11H,4,12H2,1-3H3. The van der Waals surface area contributed by atoms with E-state index in [-0.39, 0.29) is 5.91 Å². The van der Waals surface area contributed by atoms with E-state index in [0.29, 0.717) is 35.9 Å². The van der Waals surface area contributed by atoms with Crippen LogP contribution < -0.4 is 9.47 Å². The van der Waals surface area contributed by atoms with Crippen molar-refractivity contribution >= 4 is 32.8 Å². The molecule has 0 aliphatic carbocycles. The molecular formula is C20H20BrNO4. The third kappa shape index (κ3) is 3.70. The van der Waals surface area contributed by atoms with Gasteiger partial charge in [0.1, 0.15) is 5.58 Å². The van der Waals surface area contributed by atoms with Gasteiger partial charge in [0.15, 0.2) is 17.3 Å². The number of amides is 1. The number of carbonyl (C=O) groups is 1. The molecule has 0 radical (unpaired) electrons. The Balaban J connectivity index is 1.84. The van der Waals surface area contributed by atoms with Crippen LogP contribution in [0, 0.1) is 0 Å². The summed E-state index contributed by atoms with van der Waals surface area (Å²) in [6, 6.07) is 13.1. The van der Waals surface area contributed by atoms with Crippen molar-refractivity contribution < 1.29 is 18.7 Å². The molecule has 0 fully saturated rings. The minimum absolute atomic E-state index is 0.144. The highest BCUT2D eigenvalue weighted by molar-refractivity contribution is 9.10. The number of hydrogen-bond donors (Lipinski definition) is 0. The third-order valence-corrected chi connectivity index (χ3v) is 4.67. The molecule has 0 spiro atoms. The second-order valence-corrected chi connectivity index (χ2v) is 6.72. The van der Waals surface area contributed by atoms with E-state index in [0.717, 1.165) is 15.4 Å². The number of hydrogen-bond acceptors (Lipinski definition) is 4. The Morgan fingerprint density at radius 3 is 2.54 bits per heavy atom. The average molecular weight is 418 g/mol. The maximum Gasteiger partial charge on any atom is 0.289 e. The van der Waals surface area contributed by atoms with Crippen LogP contribution in [-0.4, -0.2) is 31.6 Å². The van der Waals surface area contributed by atoms with E-state index in [1.807, 2.05) is 43.3 Å². The highest BCUT2D eigenvalue weighted by Gasteiger charge is 2.19. The molecule has 0 saturated carbocycles. The van der Waals surface area contributed by atoms with Crippen molar-refractivity contribution in [2.24, 2.45) is 0 Å². The minimum Gasteiger partial charge on any atom is -0.493 e. The number of benzene rings is 2. The summed E-state index contributed by atoms with van der Waals surface area (Å²) in [7, 11) is 3.19. The number of carbonyl (C=O) groups excluding carboxylic acids is 1. The Morgan fingerprint density at radius 2 is 1.85 bits per heavy atom. The first-order chi connectivity index (χ1) is 12.5. The van der Waals surface area contributed by atoms with Crippen LogP contribution in [0.2, 0.25) is 0 Å². The summed E-state index contributed by atoms with van der Waals surface area (Å²) >= 11 is 3.43. The molecule has 26 heavy (non-hydrogen) atoms. The maximum absolute atomic E-state index is 12.9. The largest absolute Gasteiger partial charge is 0.493 e. The zero-order valence-electron chi connectivity index (χ0n) is 14.9. The lowest BCUT2D eigenvalue weighted by Crippen LogP contribution is -2.30. The maximum atomic E-state index is 12.9. The van der Waals surface area contributed by atoms with Crippen LogP contribution in [0.5, 0.6) is 11.5 Å². The molecule has 0 bridgehead atoms. The molecule has 1 aromatic heterocycles. The number of furan rings is 1. The summed E-state index contributed by atoms with van der Waals surface area (Å²) in [5.74, 6) is 1.49. The molecular weight excluding hydrogens is 398 g/mol. The fourth-order valence-electron chi connectivity index (χ4n) is 2.80. The molecule has 0 aliphatic heterocycles. The SMILES string of the molecule is CCN(Cc1ccc(OC)c(OC)c1)C(=O)c1cc2cc(Br)ccc2o1. The predicted molar refractivity (Wildman–Crippen MR) is 104 cm³/mol. The van der Waals surface area contributed by atoms with Crippen LogP contribution >= 0.6 is 15.9 Å². The first-order valence-corrected chi connectivity index (χ1v) is 9.04. The zero-order valence-corrected chi connectivity index (χ0v) is 16.5. The molecule has 5 nitrogen and oxygen atoms in total. The third-order valence-electron chi connectivity index (χ3n) is 4.18. The normalized spacial score (nSPS) is 10.8. The molecule has 0 N–H and O–H groups in total. The lowest BCUT2D eigenvalue weighted by atomic mass is 10.1. The lowest BCUT2D eigenvalue weighted by Gasteiger charge is -2.20. The van der Waals surface area contributed by atoms with Crippen LogP contribution in [0.3, 0.4) is 0 Å². The zero-order chi connectivity index (χ0) is 18.7. The number of halogens is 1. The van der Waals surface area contributed by atoms with Gasteiger partial charge in [-0.25, -0.2) is 0 Å². The molecule has 6 heteroatoms. The molecule has 136 valence electrons. The smallest absolute Gasteiger partial charge is 0.289 e. The molecule has 3 aromatic rings. The van der Waals surface area contributed by atoms with E-state index in [4.69, 9.17) is 13.9 Å². The Labute approximate surface area is 160 Å². The van der Waals surface area contributed by atoms with E-state index in [2.05, 4.69) is 15.9 Å². The number of ether oxygens (including phenoxy) is 2. The fraction of sp³-hybridized carbons (Fsp3) is 0.250. The van der Waals surface area contributed by atoms with Crippen molar-refractivity contribution in [2.75, 3.05) is 20.8 Å². The summed E-state index contributed by atoms with van der Waals surface area (Å²) in [5, 5.41) is 0.893. The Morgan fingerprint density at radius 1 is 1.08 bits per heavy atom. The van der Waals surface area contributed by atoms with Gasteiger partial charge in [0.2, 0.25) is 0 Å². The fourth-order valence-corrected chi connectivity index (χ4v) is 3.18. The Bertz CT molecular complexity index is 935. The second-order valence-electron chi connectivity index (χ2n) is 5.80. The highest BCUT2D eigenvalue weighted by atomic mass is 79.9. The lowest BCUT2D eigenvalue weighted by molar-refractivity contribution is 0.0722. The van der Waals surface area contributed by atoms with E-state index in [1.165, 1.54) is 0 Å². The molecule has 3 rings (SSSR count). The van der Waals surface area contributed by atoms with Crippen LogP contribution in [-0.2, 0) is 6.54 Å². The van der Waals surface area contributed by atoms with E-state index in [1.54, 1.807) is 25.2 Å². The molecule has 2 aromatic carbocycles. The van der Waals surface area contributed by atoms with E-state index in [9.17, 15) is 4.79 Å². The van der Waals surface area contributed by atoms with Crippen molar-refractivity contribution in [3.8, 4) is 11.5 Å². The van der Waals surface area contributed by atoms with Gasteiger partial charge in [-0.05, 0) is 48.9 Å². The van der Waals surface area contributed by atoms with Gasteiger partial charge in [0.25, 0.3) is 5.91 Å². The van der Waals surface area contributed by atoms with Crippen molar-refractivity contribution in [1.82, 2.24) is 4.90 Å². The van der Waals surface area contributed by atoms with E-state index < -0.39 is 0 Å².